The summed E-state index contributed by atoms with van der Waals surface area (Å²) in [5, 5.41) is 4.08. The van der Waals surface area contributed by atoms with Crippen LogP contribution in [0.1, 0.15) is 64.7 Å². The summed E-state index contributed by atoms with van der Waals surface area (Å²) in [6, 6.07) is 17.5. The van der Waals surface area contributed by atoms with Crippen LogP contribution in [-0.2, 0) is 9.53 Å². The Morgan fingerprint density at radius 1 is 1.00 bits per heavy atom. The molecule has 0 unspecified atom stereocenters. The lowest BCUT2D eigenvalue weighted by atomic mass is 9.90. The molecule has 2 heterocycles. The van der Waals surface area contributed by atoms with Gasteiger partial charge in [0.1, 0.15) is 10.8 Å². The van der Waals surface area contributed by atoms with Crippen molar-refractivity contribution < 1.29 is 19.1 Å². The Morgan fingerprint density at radius 2 is 1.68 bits per heavy atom. The topological polar surface area (TPSA) is 67.9 Å². The van der Waals surface area contributed by atoms with Gasteiger partial charge in [-0.2, -0.15) is 0 Å². The zero-order valence-corrected chi connectivity index (χ0v) is 22.9. The van der Waals surface area contributed by atoms with Gasteiger partial charge in [0.2, 0.25) is 0 Å². The monoisotopic (exact) mass is 520 g/mol. The Morgan fingerprint density at radius 3 is 2.30 bits per heavy atom. The fraction of sp³-hybridized carbons (Fsp3) is 0.400. The average molecular weight is 521 g/mol. The SMILES string of the molecule is CCOC(=O)C1CCN([C@@H](c2ccc(OCC)cc2)c2c(NC(=O)c3ccccc3)sc(C)c2C)CC1. The molecule has 6 nitrogen and oxygen atoms in total. The minimum absolute atomic E-state index is 0.0603. The Hall–Kier alpha value is -3.16. The van der Waals surface area contributed by atoms with Crippen LogP contribution in [0.3, 0.4) is 0 Å². The van der Waals surface area contributed by atoms with Crippen LogP contribution in [-0.4, -0.2) is 43.1 Å². The van der Waals surface area contributed by atoms with Crippen molar-refractivity contribution in [2.24, 2.45) is 5.92 Å². The molecule has 0 saturated carbocycles. The van der Waals surface area contributed by atoms with Crippen LogP contribution in [0.25, 0.3) is 0 Å². The number of piperidine rings is 1. The third-order valence-electron chi connectivity index (χ3n) is 6.99. The van der Waals surface area contributed by atoms with Gasteiger partial charge >= 0.3 is 5.97 Å². The van der Waals surface area contributed by atoms with E-state index in [0.29, 0.717) is 18.8 Å². The molecule has 1 atom stereocenters. The minimum atomic E-state index is -0.116. The van der Waals surface area contributed by atoms with Crippen LogP contribution >= 0.6 is 11.3 Å². The molecule has 0 radical (unpaired) electrons. The number of aryl methyl sites for hydroxylation is 1. The Balaban J connectivity index is 1.69. The number of esters is 1. The molecule has 0 aliphatic carbocycles. The summed E-state index contributed by atoms with van der Waals surface area (Å²) in [6.07, 6.45) is 1.50. The molecule has 1 saturated heterocycles. The predicted octanol–water partition coefficient (Wildman–Crippen LogP) is 6.38. The number of likely N-dealkylation sites (tertiary alicyclic amines) is 1. The molecule has 196 valence electrons. The van der Waals surface area contributed by atoms with E-state index >= 15 is 0 Å². The zero-order chi connectivity index (χ0) is 26.4. The number of anilines is 1. The van der Waals surface area contributed by atoms with Crippen LogP contribution in [0, 0.1) is 19.8 Å². The van der Waals surface area contributed by atoms with Crippen molar-refractivity contribution in [2.75, 3.05) is 31.6 Å². The van der Waals surface area contributed by atoms with Crippen molar-refractivity contribution >= 4 is 28.2 Å². The lowest BCUT2D eigenvalue weighted by Gasteiger charge is -2.38. The van der Waals surface area contributed by atoms with E-state index in [0.717, 1.165) is 47.8 Å². The third-order valence-corrected chi connectivity index (χ3v) is 8.13. The summed E-state index contributed by atoms with van der Waals surface area (Å²) in [7, 11) is 0. The van der Waals surface area contributed by atoms with Crippen LogP contribution in [0.4, 0.5) is 5.00 Å². The fourth-order valence-corrected chi connectivity index (χ4v) is 6.05. The Kier molecular flexibility index (Phi) is 9.00. The lowest BCUT2D eigenvalue weighted by molar-refractivity contribution is -0.149. The van der Waals surface area contributed by atoms with Crippen molar-refractivity contribution in [3.63, 3.8) is 0 Å². The number of hydrogen-bond donors (Lipinski definition) is 1. The molecule has 1 N–H and O–H groups in total. The molecule has 1 aliphatic rings. The first-order valence-corrected chi connectivity index (χ1v) is 13.8. The van der Waals surface area contributed by atoms with Gasteiger partial charge in [-0.1, -0.05) is 30.3 Å². The highest BCUT2D eigenvalue weighted by Crippen LogP contribution is 2.43. The van der Waals surface area contributed by atoms with Crippen LogP contribution < -0.4 is 10.1 Å². The number of rotatable bonds is 9. The Labute approximate surface area is 223 Å². The van der Waals surface area contributed by atoms with Crippen molar-refractivity contribution in [3.8, 4) is 5.75 Å². The molecule has 4 rings (SSSR count). The van der Waals surface area contributed by atoms with Crippen molar-refractivity contribution in [1.29, 1.82) is 0 Å². The van der Waals surface area contributed by atoms with Crippen LogP contribution in [0.5, 0.6) is 5.75 Å². The summed E-state index contributed by atoms with van der Waals surface area (Å²) in [5.41, 5.74) is 4.06. The fourth-order valence-electron chi connectivity index (χ4n) is 4.96. The summed E-state index contributed by atoms with van der Waals surface area (Å²) in [6.45, 7) is 10.6. The largest absolute Gasteiger partial charge is 0.494 e. The second kappa shape index (κ2) is 12.4. The molecule has 0 bridgehead atoms. The normalized spacial score (nSPS) is 15.2. The van der Waals surface area contributed by atoms with E-state index in [1.54, 1.807) is 11.3 Å². The molecular weight excluding hydrogens is 484 g/mol. The van der Waals surface area contributed by atoms with Gasteiger partial charge in [-0.15, -0.1) is 11.3 Å². The van der Waals surface area contributed by atoms with E-state index in [9.17, 15) is 9.59 Å². The number of hydrogen-bond acceptors (Lipinski definition) is 6. The second-order valence-electron chi connectivity index (χ2n) is 9.31. The van der Waals surface area contributed by atoms with Crippen LogP contribution in [0.2, 0.25) is 0 Å². The van der Waals surface area contributed by atoms with E-state index in [-0.39, 0.29) is 23.8 Å². The van der Waals surface area contributed by atoms with Crippen molar-refractivity contribution in [1.82, 2.24) is 4.90 Å². The molecular formula is C30H36N2O4S. The third kappa shape index (κ3) is 6.22. The quantitative estimate of drug-likeness (QED) is 0.332. The summed E-state index contributed by atoms with van der Waals surface area (Å²) >= 11 is 1.62. The second-order valence-corrected chi connectivity index (χ2v) is 10.5. The summed E-state index contributed by atoms with van der Waals surface area (Å²) in [5.74, 6) is 0.550. The number of carbonyl (C=O) groups excluding carboxylic acids is 2. The minimum Gasteiger partial charge on any atom is -0.494 e. The van der Waals surface area contributed by atoms with E-state index in [4.69, 9.17) is 9.47 Å². The number of nitrogens with zero attached hydrogens (tertiary/aromatic N) is 1. The first-order chi connectivity index (χ1) is 17.9. The van der Waals surface area contributed by atoms with E-state index in [1.165, 1.54) is 10.4 Å². The maximum Gasteiger partial charge on any atom is 0.309 e. The van der Waals surface area contributed by atoms with Gasteiger partial charge in [0.05, 0.1) is 25.2 Å². The number of nitrogens with one attached hydrogen (secondary N) is 1. The first kappa shape index (κ1) is 26.9. The van der Waals surface area contributed by atoms with Gasteiger partial charge in [0, 0.05) is 16.0 Å². The molecule has 1 amide bonds. The highest BCUT2D eigenvalue weighted by Gasteiger charge is 2.34. The van der Waals surface area contributed by atoms with E-state index in [1.807, 2.05) is 56.3 Å². The number of benzene rings is 2. The number of ether oxygens (including phenoxy) is 2. The molecule has 1 aromatic heterocycles. The number of carbonyl (C=O) groups is 2. The maximum absolute atomic E-state index is 13.1. The smallest absolute Gasteiger partial charge is 0.309 e. The number of amides is 1. The van der Waals surface area contributed by atoms with Gasteiger partial charge in [0.25, 0.3) is 5.91 Å². The average Bonchev–Trinajstić information content (AvgIpc) is 3.19. The lowest BCUT2D eigenvalue weighted by Crippen LogP contribution is -2.40. The van der Waals surface area contributed by atoms with Gasteiger partial charge < -0.3 is 14.8 Å². The van der Waals surface area contributed by atoms with Gasteiger partial charge in [0.15, 0.2) is 0 Å². The Bertz CT molecular complexity index is 1200. The maximum atomic E-state index is 13.1. The standard InChI is InChI=1S/C30H36N2O4S/c1-5-35-25-14-12-22(13-15-25)27(32-18-16-24(17-19-32)30(34)36-6-2)26-20(3)21(4)37-29(26)31-28(33)23-10-8-7-9-11-23/h7-15,24,27H,5-6,16-19H2,1-4H3,(H,31,33)/t27-/m0/s1. The van der Waals surface area contributed by atoms with Gasteiger partial charge in [-0.05, 0) is 89.0 Å². The van der Waals surface area contributed by atoms with Gasteiger partial charge in [-0.25, -0.2) is 0 Å². The van der Waals surface area contributed by atoms with E-state index in [2.05, 4.69) is 36.2 Å². The highest BCUT2D eigenvalue weighted by atomic mass is 32.1. The van der Waals surface area contributed by atoms with Crippen LogP contribution in [0.15, 0.2) is 54.6 Å². The first-order valence-electron chi connectivity index (χ1n) is 13.0. The predicted molar refractivity (Wildman–Crippen MR) is 149 cm³/mol. The van der Waals surface area contributed by atoms with Gasteiger partial charge in [-0.3, -0.25) is 14.5 Å². The summed E-state index contributed by atoms with van der Waals surface area (Å²) in [4.78, 5) is 29.1. The molecule has 7 heteroatoms. The zero-order valence-electron chi connectivity index (χ0n) is 22.1. The summed E-state index contributed by atoms with van der Waals surface area (Å²) < 4.78 is 11.0. The molecule has 0 spiro atoms. The van der Waals surface area contributed by atoms with E-state index < -0.39 is 0 Å². The molecule has 37 heavy (non-hydrogen) atoms. The molecule has 3 aromatic rings. The highest BCUT2D eigenvalue weighted by molar-refractivity contribution is 7.16. The molecule has 2 aromatic carbocycles. The van der Waals surface area contributed by atoms with Crippen molar-refractivity contribution in [3.05, 3.63) is 81.7 Å². The van der Waals surface area contributed by atoms with Crippen molar-refractivity contribution in [2.45, 2.75) is 46.6 Å². The number of thiophene rings is 1. The molecule has 1 aliphatic heterocycles. The molecule has 1 fully saturated rings.